The Kier molecular flexibility index (Phi) is 7.67. The van der Waals surface area contributed by atoms with Crippen LogP contribution in [0.5, 0.6) is 0 Å². The predicted molar refractivity (Wildman–Crippen MR) is 85.0 cm³/mol. The van der Waals surface area contributed by atoms with Gasteiger partial charge in [0.25, 0.3) is 6.01 Å². The molecule has 4 heteroatoms. The fourth-order valence-electron chi connectivity index (χ4n) is 1.91. The van der Waals surface area contributed by atoms with E-state index in [1.807, 2.05) is 0 Å². The molecule has 4 nitrogen and oxygen atoms in total. The Morgan fingerprint density at radius 1 is 1.15 bits per heavy atom. The number of anilines is 1. The minimum Gasteiger partial charge on any atom is -0.432 e. The van der Waals surface area contributed by atoms with E-state index in [1.165, 1.54) is 12.8 Å². The molecule has 0 atom stereocenters. The molecule has 1 aromatic heterocycles. The summed E-state index contributed by atoms with van der Waals surface area (Å²) in [6, 6.07) is 0.777. The Morgan fingerprint density at radius 2 is 1.75 bits per heavy atom. The van der Waals surface area contributed by atoms with E-state index in [-0.39, 0.29) is 0 Å². The third-order valence-electron chi connectivity index (χ3n) is 3.32. The van der Waals surface area contributed by atoms with Crippen LogP contribution < -0.4 is 10.2 Å². The fourth-order valence-corrected chi connectivity index (χ4v) is 1.91. The maximum Gasteiger partial charge on any atom is 0.297 e. The number of nitrogens with zero attached hydrogens (tertiary/aromatic N) is 2. The van der Waals surface area contributed by atoms with Crippen molar-refractivity contribution in [3.8, 4) is 0 Å². The highest BCUT2D eigenvalue weighted by Gasteiger charge is 2.14. The monoisotopic (exact) mass is 281 g/mol. The van der Waals surface area contributed by atoms with Crippen molar-refractivity contribution < 1.29 is 4.42 Å². The molecule has 0 saturated heterocycles. The minimum absolute atomic E-state index is 0.702. The van der Waals surface area contributed by atoms with E-state index >= 15 is 0 Å². The molecular weight excluding hydrogens is 250 g/mol. The maximum absolute atomic E-state index is 5.66. The van der Waals surface area contributed by atoms with Gasteiger partial charge in [-0.25, -0.2) is 0 Å². The summed E-state index contributed by atoms with van der Waals surface area (Å²) in [7, 11) is 0. The predicted octanol–water partition coefficient (Wildman–Crippen LogP) is 3.68. The number of hydrogen-bond acceptors (Lipinski definition) is 4. The summed E-state index contributed by atoms with van der Waals surface area (Å²) in [6.45, 7) is 14.9. The van der Waals surface area contributed by atoms with Gasteiger partial charge in [-0.2, -0.15) is 4.98 Å². The summed E-state index contributed by atoms with van der Waals surface area (Å²) in [6.07, 6.45) is 4.11. The van der Waals surface area contributed by atoms with Gasteiger partial charge in [0, 0.05) is 19.6 Å². The third kappa shape index (κ3) is 6.42. The molecule has 0 radical (unpaired) electrons. The molecule has 0 amide bonds. The standard InChI is InChI=1S/C16H31N3O/c1-6-17-11-15-12-20-16(18-15)19(9-7-13(2)3)10-8-14(4)5/h12-14,17H,6-11H2,1-5H3. The molecule has 0 saturated carbocycles. The lowest BCUT2D eigenvalue weighted by atomic mass is 10.1. The number of nitrogens with one attached hydrogen (secondary N) is 1. The topological polar surface area (TPSA) is 41.3 Å². The van der Waals surface area contributed by atoms with E-state index in [9.17, 15) is 0 Å². The van der Waals surface area contributed by atoms with Crippen LogP contribution in [0.15, 0.2) is 10.7 Å². The van der Waals surface area contributed by atoms with Gasteiger partial charge in [-0.05, 0) is 31.2 Å². The van der Waals surface area contributed by atoms with E-state index in [4.69, 9.17) is 4.42 Å². The van der Waals surface area contributed by atoms with Crippen LogP contribution in [-0.2, 0) is 6.54 Å². The first kappa shape index (κ1) is 17.0. The van der Waals surface area contributed by atoms with E-state index in [1.54, 1.807) is 6.26 Å². The molecule has 0 aliphatic heterocycles. The molecule has 1 rings (SSSR count). The summed E-state index contributed by atoms with van der Waals surface area (Å²) in [5, 5.41) is 3.28. The van der Waals surface area contributed by atoms with Crippen molar-refractivity contribution in [3.05, 3.63) is 12.0 Å². The zero-order valence-corrected chi connectivity index (χ0v) is 13.8. The highest BCUT2D eigenvalue weighted by Crippen LogP contribution is 2.17. The van der Waals surface area contributed by atoms with Crippen molar-refractivity contribution in [1.29, 1.82) is 0 Å². The molecule has 0 fully saturated rings. The van der Waals surface area contributed by atoms with Crippen LogP contribution in [0.3, 0.4) is 0 Å². The van der Waals surface area contributed by atoms with Crippen molar-refractivity contribution in [2.75, 3.05) is 24.5 Å². The molecule has 0 unspecified atom stereocenters. The zero-order valence-electron chi connectivity index (χ0n) is 13.8. The molecule has 1 heterocycles. The summed E-state index contributed by atoms with van der Waals surface area (Å²) >= 11 is 0. The summed E-state index contributed by atoms with van der Waals surface area (Å²) in [5.74, 6) is 1.40. The van der Waals surface area contributed by atoms with Gasteiger partial charge in [0.15, 0.2) is 0 Å². The van der Waals surface area contributed by atoms with Crippen molar-refractivity contribution in [1.82, 2.24) is 10.3 Å². The van der Waals surface area contributed by atoms with Crippen LogP contribution in [0, 0.1) is 11.8 Å². The van der Waals surface area contributed by atoms with Crippen molar-refractivity contribution >= 4 is 6.01 Å². The van der Waals surface area contributed by atoms with Crippen LogP contribution in [0.2, 0.25) is 0 Å². The average molecular weight is 281 g/mol. The van der Waals surface area contributed by atoms with Gasteiger partial charge in [-0.3, -0.25) is 0 Å². The minimum atomic E-state index is 0.702. The largest absolute Gasteiger partial charge is 0.432 e. The Balaban J connectivity index is 2.62. The quantitative estimate of drug-likeness (QED) is 0.710. The number of oxazole rings is 1. The third-order valence-corrected chi connectivity index (χ3v) is 3.32. The molecule has 1 N–H and O–H groups in total. The summed E-state index contributed by atoms with van der Waals surface area (Å²) in [4.78, 5) is 6.89. The smallest absolute Gasteiger partial charge is 0.297 e. The average Bonchev–Trinajstić information content (AvgIpc) is 2.84. The Morgan fingerprint density at radius 3 is 2.25 bits per heavy atom. The van der Waals surface area contributed by atoms with Gasteiger partial charge in [0.1, 0.15) is 6.26 Å². The van der Waals surface area contributed by atoms with E-state index in [2.05, 4.69) is 49.8 Å². The lowest BCUT2D eigenvalue weighted by Gasteiger charge is -2.22. The Labute approximate surface area is 123 Å². The number of aromatic nitrogens is 1. The van der Waals surface area contributed by atoms with E-state index in [0.717, 1.165) is 37.9 Å². The van der Waals surface area contributed by atoms with Gasteiger partial charge in [-0.1, -0.05) is 34.6 Å². The normalized spacial score (nSPS) is 11.6. The highest BCUT2D eigenvalue weighted by molar-refractivity contribution is 5.26. The van der Waals surface area contributed by atoms with Crippen LogP contribution >= 0.6 is 0 Å². The van der Waals surface area contributed by atoms with Gasteiger partial charge in [0.05, 0.1) is 5.69 Å². The lowest BCUT2D eigenvalue weighted by Crippen LogP contribution is -2.28. The molecule has 0 aromatic carbocycles. The van der Waals surface area contributed by atoms with Gasteiger partial charge in [0.2, 0.25) is 0 Å². The summed E-state index contributed by atoms with van der Waals surface area (Å²) < 4.78 is 5.66. The van der Waals surface area contributed by atoms with Crippen LogP contribution in [-0.4, -0.2) is 24.6 Å². The van der Waals surface area contributed by atoms with Gasteiger partial charge < -0.3 is 14.6 Å². The van der Waals surface area contributed by atoms with Crippen LogP contribution in [0.4, 0.5) is 6.01 Å². The first-order valence-electron chi connectivity index (χ1n) is 7.93. The van der Waals surface area contributed by atoms with Crippen molar-refractivity contribution in [3.63, 3.8) is 0 Å². The second kappa shape index (κ2) is 9.01. The molecule has 20 heavy (non-hydrogen) atoms. The molecule has 0 aliphatic rings. The number of hydrogen-bond donors (Lipinski definition) is 1. The molecule has 0 aliphatic carbocycles. The zero-order chi connectivity index (χ0) is 15.0. The maximum atomic E-state index is 5.66. The molecule has 1 aromatic rings. The van der Waals surface area contributed by atoms with E-state index < -0.39 is 0 Å². The van der Waals surface area contributed by atoms with Gasteiger partial charge >= 0.3 is 0 Å². The highest BCUT2D eigenvalue weighted by atomic mass is 16.4. The SMILES string of the molecule is CCNCc1coc(N(CCC(C)C)CCC(C)C)n1. The van der Waals surface area contributed by atoms with Crippen molar-refractivity contribution in [2.24, 2.45) is 11.8 Å². The van der Waals surface area contributed by atoms with Crippen LogP contribution in [0.25, 0.3) is 0 Å². The van der Waals surface area contributed by atoms with Gasteiger partial charge in [-0.15, -0.1) is 0 Å². The molecular formula is C16H31N3O. The molecule has 0 spiro atoms. The lowest BCUT2D eigenvalue weighted by molar-refractivity contribution is 0.484. The van der Waals surface area contributed by atoms with Crippen molar-refractivity contribution in [2.45, 2.75) is 54.0 Å². The fraction of sp³-hybridized carbons (Fsp3) is 0.812. The molecule has 116 valence electrons. The van der Waals surface area contributed by atoms with E-state index in [0.29, 0.717) is 11.8 Å². The Hall–Kier alpha value is -1.03. The second-order valence-corrected chi connectivity index (χ2v) is 6.25. The summed E-state index contributed by atoms with van der Waals surface area (Å²) in [5.41, 5.74) is 0.987. The van der Waals surface area contributed by atoms with Crippen LogP contribution in [0.1, 0.15) is 53.2 Å². The first-order chi connectivity index (χ1) is 9.52. The molecule has 0 bridgehead atoms. The second-order valence-electron chi connectivity index (χ2n) is 6.25. The number of rotatable bonds is 10. The Bertz CT molecular complexity index is 348. The first-order valence-corrected chi connectivity index (χ1v) is 7.93.